The average Bonchev–Trinajstić information content (AvgIpc) is 2.58. The van der Waals surface area contributed by atoms with Crippen LogP contribution in [-0.4, -0.2) is 24.7 Å². The lowest BCUT2D eigenvalue weighted by atomic mass is 10.2. The van der Waals surface area contributed by atoms with Gasteiger partial charge in [-0.1, -0.05) is 0 Å². The molecule has 1 atom stereocenters. The van der Waals surface area contributed by atoms with Gasteiger partial charge in [-0.2, -0.15) is 0 Å². The second-order valence-corrected chi connectivity index (χ2v) is 5.84. The molecule has 5 heteroatoms. The molecule has 0 aliphatic heterocycles. The van der Waals surface area contributed by atoms with Gasteiger partial charge in [0.2, 0.25) is 0 Å². The molecule has 0 bridgehead atoms. The molecule has 25 heavy (non-hydrogen) atoms. The number of nitrogens with one attached hydrogen (secondary N) is 1. The van der Waals surface area contributed by atoms with Gasteiger partial charge in [0.1, 0.15) is 17.2 Å². The van der Waals surface area contributed by atoms with Crippen molar-refractivity contribution in [3.8, 4) is 17.2 Å². The molecule has 0 saturated carbocycles. The van der Waals surface area contributed by atoms with E-state index in [1.165, 1.54) is 0 Å². The van der Waals surface area contributed by atoms with Crippen molar-refractivity contribution in [2.75, 3.05) is 11.9 Å². The largest absolute Gasteiger partial charge is 0.494 e. The van der Waals surface area contributed by atoms with Gasteiger partial charge in [-0.3, -0.25) is 4.79 Å². The van der Waals surface area contributed by atoms with E-state index >= 15 is 0 Å². The molecule has 2 rings (SSSR count). The first-order chi connectivity index (χ1) is 12.0. The Morgan fingerprint density at radius 2 is 1.40 bits per heavy atom. The highest BCUT2D eigenvalue weighted by Crippen LogP contribution is 2.20. The van der Waals surface area contributed by atoms with Crippen molar-refractivity contribution in [1.82, 2.24) is 0 Å². The molecule has 0 aliphatic rings. The number of ether oxygens (including phenoxy) is 3. The lowest BCUT2D eigenvalue weighted by Crippen LogP contribution is -2.30. The minimum atomic E-state index is -0.621. The average molecular weight is 343 g/mol. The monoisotopic (exact) mass is 343 g/mol. The minimum Gasteiger partial charge on any atom is -0.494 e. The zero-order chi connectivity index (χ0) is 18.2. The third-order valence-corrected chi connectivity index (χ3v) is 3.31. The molecule has 0 spiro atoms. The molecule has 0 fully saturated rings. The van der Waals surface area contributed by atoms with E-state index in [-0.39, 0.29) is 12.0 Å². The summed E-state index contributed by atoms with van der Waals surface area (Å²) in [6, 6.07) is 14.5. The smallest absolute Gasteiger partial charge is 0.265 e. The van der Waals surface area contributed by atoms with Crippen LogP contribution in [-0.2, 0) is 4.79 Å². The number of rotatable bonds is 8. The molecular formula is C20H25NO4. The molecule has 2 aromatic carbocycles. The predicted octanol–water partition coefficient (Wildman–Crippen LogP) is 4.28. The first-order valence-electron chi connectivity index (χ1n) is 8.45. The van der Waals surface area contributed by atoms with Crippen molar-refractivity contribution < 1.29 is 19.0 Å². The fourth-order valence-electron chi connectivity index (χ4n) is 2.17. The van der Waals surface area contributed by atoms with Crippen molar-refractivity contribution >= 4 is 11.6 Å². The van der Waals surface area contributed by atoms with Crippen molar-refractivity contribution in [2.24, 2.45) is 0 Å². The van der Waals surface area contributed by atoms with E-state index in [1.807, 2.05) is 45.0 Å². The van der Waals surface area contributed by atoms with Crippen LogP contribution in [0.25, 0.3) is 0 Å². The highest BCUT2D eigenvalue weighted by Gasteiger charge is 2.15. The molecule has 0 heterocycles. The Morgan fingerprint density at radius 1 is 0.880 bits per heavy atom. The third kappa shape index (κ3) is 6.03. The van der Waals surface area contributed by atoms with Crippen molar-refractivity contribution in [2.45, 2.75) is 39.9 Å². The molecule has 1 unspecified atom stereocenters. The Hall–Kier alpha value is -2.69. The molecular weight excluding hydrogens is 318 g/mol. The standard InChI is InChI=1S/C20H25NO4/c1-5-23-17-10-12-19(13-11-17)25-15(4)20(22)21-16-6-8-18(9-7-16)24-14(2)3/h6-15H,5H2,1-4H3,(H,21,22). The first-order valence-corrected chi connectivity index (χ1v) is 8.45. The summed E-state index contributed by atoms with van der Waals surface area (Å²) in [5, 5.41) is 2.83. The van der Waals surface area contributed by atoms with E-state index in [0.717, 1.165) is 11.5 Å². The molecule has 134 valence electrons. The maximum Gasteiger partial charge on any atom is 0.265 e. The number of benzene rings is 2. The van der Waals surface area contributed by atoms with Crippen LogP contribution in [0.5, 0.6) is 17.2 Å². The minimum absolute atomic E-state index is 0.114. The lowest BCUT2D eigenvalue weighted by Gasteiger charge is -2.15. The van der Waals surface area contributed by atoms with Crippen molar-refractivity contribution in [3.05, 3.63) is 48.5 Å². The van der Waals surface area contributed by atoms with Crippen LogP contribution in [0, 0.1) is 0 Å². The van der Waals surface area contributed by atoms with Crippen LogP contribution in [0.4, 0.5) is 5.69 Å². The van der Waals surface area contributed by atoms with Crippen LogP contribution < -0.4 is 19.5 Å². The van der Waals surface area contributed by atoms with Gasteiger partial charge in [-0.05, 0) is 76.2 Å². The molecule has 1 N–H and O–H groups in total. The van der Waals surface area contributed by atoms with Gasteiger partial charge in [-0.15, -0.1) is 0 Å². The highest BCUT2D eigenvalue weighted by molar-refractivity contribution is 5.94. The second kappa shape index (κ2) is 8.97. The summed E-state index contributed by atoms with van der Waals surface area (Å²) in [6.07, 6.45) is -0.507. The van der Waals surface area contributed by atoms with Crippen molar-refractivity contribution in [3.63, 3.8) is 0 Å². The topological polar surface area (TPSA) is 56.8 Å². The van der Waals surface area contributed by atoms with Gasteiger partial charge in [0, 0.05) is 5.69 Å². The van der Waals surface area contributed by atoms with Gasteiger partial charge in [0.25, 0.3) is 5.91 Å². The van der Waals surface area contributed by atoms with E-state index < -0.39 is 6.10 Å². The van der Waals surface area contributed by atoms with Crippen LogP contribution in [0.3, 0.4) is 0 Å². The number of carbonyl (C=O) groups excluding carboxylic acids is 1. The van der Waals surface area contributed by atoms with E-state index in [2.05, 4.69) is 5.32 Å². The first kappa shape index (κ1) is 18.6. The van der Waals surface area contributed by atoms with E-state index in [1.54, 1.807) is 31.2 Å². The second-order valence-electron chi connectivity index (χ2n) is 5.84. The molecule has 2 aromatic rings. The summed E-state index contributed by atoms with van der Waals surface area (Å²) in [5.74, 6) is 1.94. The van der Waals surface area contributed by atoms with Crippen molar-refractivity contribution in [1.29, 1.82) is 0 Å². The summed E-state index contributed by atoms with van der Waals surface area (Å²) in [4.78, 5) is 12.3. The number of carbonyl (C=O) groups is 1. The fraction of sp³-hybridized carbons (Fsp3) is 0.350. The summed E-state index contributed by atoms with van der Waals surface area (Å²) in [5.41, 5.74) is 0.697. The SMILES string of the molecule is CCOc1ccc(OC(C)C(=O)Nc2ccc(OC(C)C)cc2)cc1. The summed E-state index contributed by atoms with van der Waals surface area (Å²) >= 11 is 0. The Kier molecular flexibility index (Phi) is 6.69. The van der Waals surface area contributed by atoms with Gasteiger partial charge < -0.3 is 19.5 Å². The fourth-order valence-corrected chi connectivity index (χ4v) is 2.17. The van der Waals surface area contributed by atoms with E-state index in [4.69, 9.17) is 14.2 Å². The number of hydrogen-bond donors (Lipinski definition) is 1. The summed E-state index contributed by atoms with van der Waals surface area (Å²) < 4.78 is 16.6. The quantitative estimate of drug-likeness (QED) is 0.777. The number of anilines is 1. The molecule has 0 radical (unpaired) electrons. The van der Waals surface area contributed by atoms with Crippen LogP contribution in [0.2, 0.25) is 0 Å². The maximum absolute atomic E-state index is 12.3. The summed E-state index contributed by atoms with van der Waals surface area (Å²) in [7, 11) is 0. The zero-order valence-electron chi connectivity index (χ0n) is 15.1. The molecule has 0 saturated heterocycles. The van der Waals surface area contributed by atoms with Crippen LogP contribution >= 0.6 is 0 Å². The zero-order valence-corrected chi connectivity index (χ0v) is 15.1. The summed E-state index contributed by atoms with van der Waals surface area (Å²) in [6.45, 7) is 8.19. The molecule has 1 amide bonds. The normalized spacial score (nSPS) is 11.7. The Morgan fingerprint density at radius 3 is 1.96 bits per heavy atom. The molecule has 5 nitrogen and oxygen atoms in total. The van der Waals surface area contributed by atoms with Gasteiger partial charge >= 0.3 is 0 Å². The molecule has 0 aliphatic carbocycles. The van der Waals surface area contributed by atoms with E-state index in [0.29, 0.717) is 18.0 Å². The number of amides is 1. The van der Waals surface area contributed by atoms with Gasteiger partial charge in [0.05, 0.1) is 12.7 Å². The molecule has 0 aromatic heterocycles. The van der Waals surface area contributed by atoms with Crippen LogP contribution in [0.15, 0.2) is 48.5 Å². The van der Waals surface area contributed by atoms with Crippen LogP contribution in [0.1, 0.15) is 27.7 Å². The highest BCUT2D eigenvalue weighted by atomic mass is 16.5. The Balaban J connectivity index is 1.89. The third-order valence-electron chi connectivity index (χ3n) is 3.31. The lowest BCUT2D eigenvalue weighted by molar-refractivity contribution is -0.122. The Bertz CT molecular complexity index is 665. The predicted molar refractivity (Wildman–Crippen MR) is 98.5 cm³/mol. The number of hydrogen-bond acceptors (Lipinski definition) is 4. The maximum atomic E-state index is 12.3. The van der Waals surface area contributed by atoms with Gasteiger partial charge in [-0.25, -0.2) is 0 Å². The van der Waals surface area contributed by atoms with E-state index in [9.17, 15) is 4.79 Å². The Labute approximate surface area is 148 Å². The van der Waals surface area contributed by atoms with Gasteiger partial charge in [0.15, 0.2) is 6.10 Å².